The third-order valence-electron chi connectivity index (χ3n) is 14.9. The number of ether oxygens (including phenoxy) is 3. The minimum Gasteiger partial charge on any atom is -0.466 e. The van der Waals surface area contributed by atoms with Gasteiger partial charge in [-0.1, -0.05) is 242 Å². The summed E-state index contributed by atoms with van der Waals surface area (Å²) in [5.74, 6) is -0.201. The molecule has 0 radical (unpaired) electrons. The van der Waals surface area contributed by atoms with Crippen molar-refractivity contribution >= 4 is 11.9 Å². The van der Waals surface area contributed by atoms with Crippen LogP contribution in [0, 0.1) is 0 Å². The minimum absolute atomic E-state index is 0.0131. The Hall–Kier alpha value is -2.38. The molecule has 0 aromatic heterocycles. The Kier molecular flexibility index (Phi) is 51.4. The summed E-state index contributed by atoms with van der Waals surface area (Å²) < 4.78 is 16.7. The van der Waals surface area contributed by atoms with Gasteiger partial charge in [-0.05, 0) is 83.5 Å². The van der Waals surface area contributed by atoms with Crippen LogP contribution >= 0.6 is 0 Å². The van der Waals surface area contributed by atoms with E-state index in [1.54, 1.807) is 6.08 Å². The number of amides is 1. The fourth-order valence-electron chi connectivity index (χ4n) is 9.80. The second-order valence-corrected chi connectivity index (χ2v) is 22.1. The second kappa shape index (κ2) is 54.6. The molecular formula is C65H119NO10. The normalized spacial score (nSPS) is 19.0. The van der Waals surface area contributed by atoms with E-state index in [1.807, 2.05) is 6.08 Å². The van der Waals surface area contributed by atoms with Gasteiger partial charge >= 0.3 is 5.97 Å². The van der Waals surface area contributed by atoms with E-state index >= 15 is 0 Å². The molecule has 6 N–H and O–H groups in total. The number of carbonyl (C=O) groups excluding carboxylic acids is 2. The lowest BCUT2D eigenvalue weighted by atomic mass is 9.99. The number of nitrogens with one attached hydrogen (secondary N) is 1. The third kappa shape index (κ3) is 43.5. The van der Waals surface area contributed by atoms with E-state index in [0.717, 1.165) is 83.5 Å². The maximum atomic E-state index is 13.0. The van der Waals surface area contributed by atoms with Crippen molar-refractivity contribution in [1.82, 2.24) is 5.32 Å². The zero-order chi connectivity index (χ0) is 55.2. The number of hydrogen-bond donors (Lipinski definition) is 6. The molecule has 1 saturated heterocycles. The van der Waals surface area contributed by atoms with Gasteiger partial charge in [0.2, 0.25) is 5.91 Å². The molecular weight excluding hydrogens is 955 g/mol. The van der Waals surface area contributed by atoms with E-state index in [1.165, 1.54) is 180 Å². The van der Waals surface area contributed by atoms with Crippen LogP contribution < -0.4 is 5.32 Å². The predicted octanol–water partition coefficient (Wildman–Crippen LogP) is 15.2. The Morgan fingerprint density at radius 1 is 0.487 bits per heavy atom. The van der Waals surface area contributed by atoms with Gasteiger partial charge in [0.15, 0.2) is 6.29 Å². The van der Waals surface area contributed by atoms with Crippen LogP contribution in [0.15, 0.2) is 48.6 Å². The van der Waals surface area contributed by atoms with E-state index in [9.17, 15) is 35.1 Å². The number of hydrogen-bond acceptors (Lipinski definition) is 10. The molecule has 7 unspecified atom stereocenters. The first-order valence-electron chi connectivity index (χ1n) is 31.9. The van der Waals surface area contributed by atoms with Gasteiger partial charge in [-0.3, -0.25) is 9.59 Å². The van der Waals surface area contributed by atoms with Crippen molar-refractivity contribution in [3.63, 3.8) is 0 Å². The molecule has 11 heteroatoms. The Morgan fingerprint density at radius 2 is 0.895 bits per heavy atom. The summed E-state index contributed by atoms with van der Waals surface area (Å²) in [7, 11) is 0. The molecule has 0 saturated carbocycles. The Labute approximate surface area is 466 Å². The first kappa shape index (κ1) is 71.6. The summed E-state index contributed by atoms with van der Waals surface area (Å²) in [6.07, 6.45) is 59.3. The number of unbranched alkanes of at least 4 members (excludes halogenated alkanes) is 35. The van der Waals surface area contributed by atoms with Crippen molar-refractivity contribution in [3.05, 3.63) is 48.6 Å². The first-order valence-corrected chi connectivity index (χ1v) is 31.9. The number of carbonyl (C=O) groups is 2. The SMILES string of the molecule is CCCC/C=C\CCCCCCCC(=O)OCCCCCCCCCCC/C=C\C/C=C\CCCCCCCCCCCC(=O)NC(COC1OC(CO)C(O)C(O)C1O)C(O)/C=C/CCCCCCCCCCCC. The molecule has 1 amide bonds. The van der Waals surface area contributed by atoms with Crippen LogP contribution in [0.25, 0.3) is 0 Å². The van der Waals surface area contributed by atoms with E-state index < -0.39 is 49.5 Å². The van der Waals surface area contributed by atoms with E-state index in [-0.39, 0.29) is 18.5 Å². The van der Waals surface area contributed by atoms with Crippen LogP contribution in [0.5, 0.6) is 0 Å². The summed E-state index contributed by atoms with van der Waals surface area (Å²) in [6.45, 7) is 4.30. The van der Waals surface area contributed by atoms with Gasteiger partial charge in [0, 0.05) is 12.8 Å². The van der Waals surface area contributed by atoms with Crippen LogP contribution in [0.4, 0.5) is 0 Å². The molecule has 1 heterocycles. The topological polar surface area (TPSA) is 175 Å². The molecule has 0 bridgehead atoms. The molecule has 7 atom stereocenters. The van der Waals surface area contributed by atoms with Crippen molar-refractivity contribution in [3.8, 4) is 0 Å². The van der Waals surface area contributed by atoms with E-state index in [4.69, 9.17) is 14.2 Å². The van der Waals surface area contributed by atoms with E-state index in [2.05, 4.69) is 55.6 Å². The van der Waals surface area contributed by atoms with Gasteiger partial charge in [-0.15, -0.1) is 0 Å². The lowest BCUT2D eigenvalue weighted by Crippen LogP contribution is -2.60. The standard InChI is InChI=1S/C65H119NO10/c1-3-5-7-9-11-13-15-32-35-39-43-47-51-58(68)57(56-75-65-64(73)63(72)62(71)59(55-67)76-65)66-60(69)52-48-44-40-36-33-29-27-25-23-21-19-17-16-18-20-22-24-26-28-30-34-38-42-46-50-54-74-61(70)53-49-45-41-37-31-14-12-10-8-6-4-2/h10,12,17-20,47,51,57-59,62-65,67-68,71-73H,3-9,11,13-16,21-46,48-50,52-56H2,1-2H3,(H,66,69)/b12-10-,19-17-,20-18-,51-47+. The maximum absolute atomic E-state index is 13.0. The van der Waals surface area contributed by atoms with Gasteiger partial charge in [0.1, 0.15) is 24.4 Å². The second-order valence-electron chi connectivity index (χ2n) is 22.1. The highest BCUT2D eigenvalue weighted by Crippen LogP contribution is 2.23. The smallest absolute Gasteiger partial charge is 0.305 e. The van der Waals surface area contributed by atoms with Crippen molar-refractivity contribution < 1.29 is 49.3 Å². The average Bonchev–Trinajstić information content (AvgIpc) is 3.42. The lowest BCUT2D eigenvalue weighted by molar-refractivity contribution is -0.302. The fraction of sp³-hybridized carbons (Fsp3) is 0.846. The highest BCUT2D eigenvalue weighted by atomic mass is 16.7. The van der Waals surface area contributed by atoms with Gasteiger partial charge in [-0.2, -0.15) is 0 Å². The molecule has 444 valence electrons. The summed E-state index contributed by atoms with van der Waals surface area (Å²) in [4.78, 5) is 25.0. The number of aliphatic hydroxyl groups excluding tert-OH is 5. The Balaban J connectivity index is 2.05. The lowest BCUT2D eigenvalue weighted by Gasteiger charge is -2.40. The zero-order valence-electron chi connectivity index (χ0n) is 49.0. The van der Waals surface area contributed by atoms with Crippen LogP contribution in [-0.4, -0.2) is 100 Å². The predicted molar refractivity (Wildman–Crippen MR) is 315 cm³/mol. The molecule has 11 nitrogen and oxygen atoms in total. The Bertz CT molecular complexity index is 1400. The minimum atomic E-state index is -1.57. The zero-order valence-corrected chi connectivity index (χ0v) is 49.0. The monoisotopic (exact) mass is 1070 g/mol. The van der Waals surface area contributed by atoms with Crippen molar-refractivity contribution in [2.75, 3.05) is 19.8 Å². The molecule has 76 heavy (non-hydrogen) atoms. The molecule has 0 aromatic carbocycles. The summed E-state index contributed by atoms with van der Waals surface area (Å²) >= 11 is 0. The van der Waals surface area contributed by atoms with Crippen LogP contribution in [-0.2, 0) is 23.8 Å². The number of rotatable bonds is 55. The first-order chi connectivity index (χ1) is 37.2. The molecule has 0 spiro atoms. The van der Waals surface area contributed by atoms with E-state index in [0.29, 0.717) is 19.4 Å². The van der Waals surface area contributed by atoms with Gasteiger partial charge in [-0.25, -0.2) is 0 Å². The average molecular weight is 1070 g/mol. The van der Waals surface area contributed by atoms with Crippen LogP contribution in [0.1, 0.15) is 290 Å². The Morgan fingerprint density at radius 3 is 1.38 bits per heavy atom. The molecule has 0 aliphatic carbocycles. The summed E-state index contributed by atoms with van der Waals surface area (Å²) in [5.41, 5.74) is 0. The highest BCUT2D eigenvalue weighted by Gasteiger charge is 2.44. The number of aliphatic hydroxyl groups is 5. The highest BCUT2D eigenvalue weighted by molar-refractivity contribution is 5.76. The third-order valence-corrected chi connectivity index (χ3v) is 14.9. The quantitative estimate of drug-likeness (QED) is 0.0195. The van der Waals surface area contributed by atoms with Crippen molar-refractivity contribution in [1.29, 1.82) is 0 Å². The van der Waals surface area contributed by atoms with Gasteiger partial charge in [0.25, 0.3) is 0 Å². The van der Waals surface area contributed by atoms with Gasteiger partial charge < -0.3 is 45.1 Å². The molecule has 0 aromatic rings. The van der Waals surface area contributed by atoms with Crippen molar-refractivity contribution in [2.45, 2.75) is 333 Å². The molecule has 1 aliphatic rings. The number of esters is 1. The largest absolute Gasteiger partial charge is 0.466 e. The molecule has 1 aliphatic heterocycles. The van der Waals surface area contributed by atoms with Crippen LogP contribution in [0.2, 0.25) is 0 Å². The van der Waals surface area contributed by atoms with Gasteiger partial charge in [0.05, 0.1) is 32.0 Å². The molecule has 1 rings (SSSR count). The fourth-order valence-corrected chi connectivity index (χ4v) is 9.80. The summed E-state index contributed by atoms with van der Waals surface area (Å²) in [5, 5.41) is 54.4. The molecule has 1 fully saturated rings. The van der Waals surface area contributed by atoms with Crippen molar-refractivity contribution in [2.24, 2.45) is 0 Å². The van der Waals surface area contributed by atoms with Crippen LogP contribution in [0.3, 0.4) is 0 Å². The number of allylic oxidation sites excluding steroid dienone is 7. The summed E-state index contributed by atoms with van der Waals surface area (Å²) in [6, 6.07) is -0.815. The maximum Gasteiger partial charge on any atom is 0.305 e.